The lowest BCUT2D eigenvalue weighted by Crippen LogP contribution is -2.49. The van der Waals surface area contributed by atoms with E-state index in [1.807, 2.05) is 0 Å². The predicted octanol–water partition coefficient (Wildman–Crippen LogP) is 3.83. The van der Waals surface area contributed by atoms with Gasteiger partial charge in [0.05, 0.1) is 0 Å². The number of anilines is 1. The molecule has 4 heteroatoms. The molecule has 1 heterocycles. The number of hydrogen-bond acceptors (Lipinski definition) is 4. The van der Waals surface area contributed by atoms with Crippen LogP contribution in [-0.4, -0.2) is 15.9 Å². The van der Waals surface area contributed by atoms with E-state index < -0.39 is 0 Å². The Morgan fingerprint density at radius 3 is 2.37 bits per heavy atom. The molecule has 0 atom stereocenters. The Hall–Kier alpha value is -0.640. The molecule has 0 spiro atoms. The lowest BCUT2D eigenvalue weighted by Gasteiger charge is -2.55. The number of aromatic nitrogens is 2. The van der Waals surface area contributed by atoms with Crippen LogP contribution in [0.5, 0.6) is 0 Å². The zero-order valence-corrected chi connectivity index (χ0v) is 12.5. The van der Waals surface area contributed by atoms with Crippen molar-refractivity contribution >= 4 is 16.7 Å². The van der Waals surface area contributed by atoms with Gasteiger partial charge in [0.15, 0.2) is 5.82 Å². The summed E-state index contributed by atoms with van der Waals surface area (Å²) < 4.78 is 4.73. The maximum atomic E-state index is 4.83. The molecule has 4 fully saturated rings. The van der Waals surface area contributed by atoms with Gasteiger partial charge in [-0.15, -0.1) is 0 Å². The molecule has 104 valence electrons. The Labute approximate surface area is 119 Å². The number of nitrogens with zero attached hydrogens (tertiary/aromatic N) is 2. The van der Waals surface area contributed by atoms with E-state index in [1.54, 1.807) is 11.5 Å². The van der Waals surface area contributed by atoms with Crippen molar-refractivity contribution in [1.29, 1.82) is 0 Å². The molecule has 19 heavy (non-hydrogen) atoms. The zero-order valence-electron chi connectivity index (χ0n) is 11.7. The van der Waals surface area contributed by atoms with E-state index in [2.05, 4.69) is 12.2 Å². The summed E-state index contributed by atoms with van der Waals surface area (Å²) in [5.41, 5.74) is 0.359. The van der Waals surface area contributed by atoms with Gasteiger partial charge >= 0.3 is 0 Å². The van der Waals surface area contributed by atoms with Crippen LogP contribution in [0.15, 0.2) is 0 Å². The highest BCUT2D eigenvalue weighted by molar-refractivity contribution is 7.09. The quantitative estimate of drug-likeness (QED) is 0.909. The summed E-state index contributed by atoms with van der Waals surface area (Å²) in [7, 11) is 0. The van der Waals surface area contributed by atoms with Gasteiger partial charge in [-0.2, -0.15) is 4.37 Å². The lowest BCUT2D eigenvalue weighted by atomic mass is 9.49. The summed E-state index contributed by atoms with van der Waals surface area (Å²) in [4.78, 5) is 4.83. The fraction of sp³-hybridized carbons (Fsp3) is 0.867. The third kappa shape index (κ3) is 1.99. The molecule has 0 amide bonds. The van der Waals surface area contributed by atoms with Gasteiger partial charge in [0, 0.05) is 23.5 Å². The van der Waals surface area contributed by atoms with E-state index in [4.69, 9.17) is 9.36 Å². The van der Waals surface area contributed by atoms with Crippen molar-refractivity contribution in [2.24, 2.45) is 17.8 Å². The summed E-state index contributed by atoms with van der Waals surface area (Å²) in [5, 5.41) is 4.43. The average molecular weight is 277 g/mol. The number of hydrogen-bond donors (Lipinski definition) is 1. The smallest absolute Gasteiger partial charge is 0.202 e. The molecule has 4 saturated carbocycles. The van der Waals surface area contributed by atoms with E-state index in [9.17, 15) is 0 Å². The molecule has 4 aliphatic carbocycles. The Morgan fingerprint density at radius 1 is 1.16 bits per heavy atom. The molecule has 1 aromatic rings. The molecule has 4 aliphatic rings. The highest BCUT2D eigenvalue weighted by Crippen LogP contribution is 2.60. The molecule has 0 saturated heterocycles. The van der Waals surface area contributed by atoms with Gasteiger partial charge in [-0.05, 0) is 62.7 Å². The molecule has 0 aromatic carbocycles. The highest BCUT2D eigenvalue weighted by atomic mass is 32.1. The first kappa shape index (κ1) is 12.1. The SMILES string of the molecule is CCCNc1nc(C23CC4CC(CC(C4)C2)C3)ns1. The minimum atomic E-state index is 0.359. The van der Waals surface area contributed by atoms with Crippen molar-refractivity contribution in [3.8, 4) is 0 Å². The van der Waals surface area contributed by atoms with Crippen molar-refractivity contribution in [2.45, 2.75) is 57.3 Å². The van der Waals surface area contributed by atoms with Crippen molar-refractivity contribution in [3.63, 3.8) is 0 Å². The van der Waals surface area contributed by atoms with Crippen molar-refractivity contribution in [1.82, 2.24) is 9.36 Å². The second-order valence-electron chi connectivity index (χ2n) is 7.05. The van der Waals surface area contributed by atoms with Crippen LogP contribution in [0, 0.1) is 17.8 Å². The van der Waals surface area contributed by atoms with Gasteiger partial charge in [0.1, 0.15) is 0 Å². The largest absolute Gasteiger partial charge is 0.360 e. The van der Waals surface area contributed by atoms with Crippen LogP contribution < -0.4 is 5.32 Å². The molecule has 0 radical (unpaired) electrons. The average Bonchev–Trinajstić information content (AvgIpc) is 2.84. The second kappa shape index (κ2) is 4.44. The first-order valence-electron chi connectivity index (χ1n) is 7.85. The predicted molar refractivity (Wildman–Crippen MR) is 78.5 cm³/mol. The molecule has 0 unspecified atom stereocenters. The van der Waals surface area contributed by atoms with Crippen LogP contribution in [0.4, 0.5) is 5.13 Å². The molecule has 1 aromatic heterocycles. The minimum absolute atomic E-state index is 0.359. The van der Waals surface area contributed by atoms with Crippen molar-refractivity contribution < 1.29 is 0 Å². The van der Waals surface area contributed by atoms with Gasteiger partial charge in [-0.1, -0.05) is 6.92 Å². The maximum absolute atomic E-state index is 4.83. The van der Waals surface area contributed by atoms with Gasteiger partial charge in [-0.25, -0.2) is 4.98 Å². The monoisotopic (exact) mass is 277 g/mol. The first-order valence-corrected chi connectivity index (χ1v) is 8.63. The Kier molecular flexibility index (Phi) is 2.83. The molecule has 4 bridgehead atoms. The van der Waals surface area contributed by atoms with E-state index in [0.717, 1.165) is 35.9 Å². The van der Waals surface area contributed by atoms with Crippen molar-refractivity contribution in [3.05, 3.63) is 5.82 Å². The Bertz CT molecular complexity index is 432. The molecule has 3 nitrogen and oxygen atoms in total. The summed E-state index contributed by atoms with van der Waals surface area (Å²) in [5.74, 6) is 4.10. The first-order chi connectivity index (χ1) is 9.27. The van der Waals surface area contributed by atoms with E-state index in [-0.39, 0.29) is 0 Å². The summed E-state index contributed by atoms with van der Waals surface area (Å²) in [6, 6.07) is 0. The zero-order chi connectivity index (χ0) is 12.9. The van der Waals surface area contributed by atoms with Gasteiger partial charge in [-0.3, -0.25) is 0 Å². The normalized spacial score (nSPS) is 39.7. The standard InChI is InChI=1S/C15H23N3S/c1-2-3-16-14-17-13(18-19-14)15-7-10-4-11(8-15)6-12(5-10)9-15/h10-12H,2-9H2,1H3,(H,16,17,18). The number of nitrogens with one attached hydrogen (secondary N) is 1. The maximum Gasteiger partial charge on any atom is 0.202 e. The van der Waals surface area contributed by atoms with Crippen LogP contribution >= 0.6 is 11.5 Å². The second-order valence-corrected chi connectivity index (χ2v) is 7.80. The van der Waals surface area contributed by atoms with Gasteiger partial charge in [0.2, 0.25) is 5.13 Å². The fourth-order valence-corrected chi connectivity index (χ4v) is 5.83. The summed E-state index contributed by atoms with van der Waals surface area (Å²) >= 11 is 1.57. The highest BCUT2D eigenvalue weighted by Gasteiger charge is 2.53. The molecular weight excluding hydrogens is 254 g/mol. The van der Waals surface area contributed by atoms with Gasteiger partial charge in [0.25, 0.3) is 0 Å². The van der Waals surface area contributed by atoms with E-state index in [0.29, 0.717) is 5.41 Å². The molecule has 0 aliphatic heterocycles. The molecule has 5 rings (SSSR count). The topological polar surface area (TPSA) is 37.8 Å². The lowest BCUT2D eigenvalue weighted by molar-refractivity contribution is -0.00880. The van der Waals surface area contributed by atoms with Crippen LogP contribution in [0.25, 0.3) is 0 Å². The number of rotatable bonds is 4. The van der Waals surface area contributed by atoms with Crippen LogP contribution in [-0.2, 0) is 5.41 Å². The van der Waals surface area contributed by atoms with Crippen LogP contribution in [0.1, 0.15) is 57.7 Å². The van der Waals surface area contributed by atoms with Crippen molar-refractivity contribution in [2.75, 3.05) is 11.9 Å². The summed E-state index contributed by atoms with van der Waals surface area (Å²) in [6.45, 7) is 3.20. The third-order valence-corrected chi connectivity index (χ3v) is 6.14. The fourth-order valence-electron chi connectivity index (χ4n) is 5.13. The Morgan fingerprint density at radius 2 is 1.79 bits per heavy atom. The minimum Gasteiger partial charge on any atom is -0.360 e. The van der Waals surface area contributed by atoms with E-state index in [1.165, 1.54) is 44.3 Å². The molecular formula is C15H23N3S. The summed E-state index contributed by atoms with van der Waals surface area (Å²) in [6.07, 6.45) is 9.71. The van der Waals surface area contributed by atoms with Crippen LogP contribution in [0.3, 0.4) is 0 Å². The van der Waals surface area contributed by atoms with Gasteiger partial charge < -0.3 is 5.32 Å². The Balaban J connectivity index is 1.59. The van der Waals surface area contributed by atoms with Crippen LogP contribution in [0.2, 0.25) is 0 Å². The van der Waals surface area contributed by atoms with E-state index >= 15 is 0 Å². The molecule has 1 N–H and O–H groups in total. The third-order valence-electron chi connectivity index (χ3n) is 5.46.